The van der Waals surface area contributed by atoms with Crippen LogP contribution < -0.4 is 10.6 Å². The van der Waals surface area contributed by atoms with Gasteiger partial charge in [0.25, 0.3) is 5.91 Å². The van der Waals surface area contributed by atoms with Crippen molar-refractivity contribution in [1.82, 2.24) is 14.9 Å². The van der Waals surface area contributed by atoms with E-state index in [1.807, 2.05) is 77.7 Å². The molecule has 0 saturated heterocycles. The van der Waals surface area contributed by atoms with Gasteiger partial charge in [-0.1, -0.05) is 48.5 Å². The second kappa shape index (κ2) is 11.5. The highest BCUT2D eigenvalue weighted by molar-refractivity contribution is 5.94. The van der Waals surface area contributed by atoms with Crippen molar-refractivity contribution in [1.29, 1.82) is 0 Å². The summed E-state index contributed by atoms with van der Waals surface area (Å²) in [5.41, 5.74) is 6.49. The molecule has 38 heavy (non-hydrogen) atoms. The van der Waals surface area contributed by atoms with Crippen molar-refractivity contribution in [3.63, 3.8) is 0 Å². The average molecular weight is 504 g/mol. The number of rotatable bonds is 6. The summed E-state index contributed by atoms with van der Waals surface area (Å²) in [5.74, 6) is 0.489. The molecule has 2 heterocycles. The Morgan fingerprint density at radius 3 is 2.26 bits per heavy atom. The number of carbonyl (C=O) groups excluding carboxylic acids is 2. The van der Waals surface area contributed by atoms with Crippen molar-refractivity contribution in [3.05, 3.63) is 108 Å². The van der Waals surface area contributed by atoms with Crippen LogP contribution in [0, 0.1) is 0 Å². The van der Waals surface area contributed by atoms with Crippen molar-refractivity contribution >= 4 is 34.7 Å². The summed E-state index contributed by atoms with van der Waals surface area (Å²) in [6.07, 6.45) is 5.61. The highest BCUT2D eigenvalue weighted by Crippen LogP contribution is 2.26. The van der Waals surface area contributed by atoms with Gasteiger partial charge in [0.1, 0.15) is 0 Å². The van der Waals surface area contributed by atoms with E-state index < -0.39 is 0 Å². The predicted molar refractivity (Wildman–Crippen MR) is 151 cm³/mol. The average Bonchev–Trinajstić information content (AvgIpc) is 3.20. The van der Waals surface area contributed by atoms with Crippen molar-refractivity contribution in [3.8, 4) is 11.3 Å². The number of benzene rings is 3. The Balaban J connectivity index is 1.21. The number of carbonyl (C=O) groups is 2. The van der Waals surface area contributed by atoms with Crippen molar-refractivity contribution in [2.24, 2.45) is 0 Å². The Morgan fingerprint density at radius 2 is 1.53 bits per heavy atom. The standard InChI is InChI=1S/C31H29N5O2/c1-22(37)33-27-15-11-25(12-16-27)29-17-19-32-31(35-29)34-28-13-9-24(10-14-28)23-8-5-20-36(21-18-23)30(38)26-6-3-2-4-7-26/h2-4,6-17,19H,5,18,20-21H2,1H3,(H,33,37)(H,32,34,35). The molecule has 0 spiro atoms. The quantitative estimate of drug-likeness (QED) is 0.329. The van der Waals surface area contributed by atoms with Crippen LogP contribution >= 0.6 is 0 Å². The minimum atomic E-state index is -0.104. The molecule has 2 N–H and O–H groups in total. The molecule has 7 heteroatoms. The third-order valence-corrected chi connectivity index (χ3v) is 6.42. The van der Waals surface area contributed by atoms with Gasteiger partial charge in [0.2, 0.25) is 11.9 Å². The molecule has 1 aromatic heterocycles. The van der Waals surface area contributed by atoms with Gasteiger partial charge in [0, 0.05) is 48.7 Å². The van der Waals surface area contributed by atoms with Gasteiger partial charge < -0.3 is 15.5 Å². The van der Waals surface area contributed by atoms with Gasteiger partial charge in [0.05, 0.1) is 5.69 Å². The van der Waals surface area contributed by atoms with E-state index in [1.54, 1.807) is 6.20 Å². The SMILES string of the molecule is CC(=O)Nc1ccc(-c2ccnc(Nc3ccc(C4=CCCN(C(=O)c5ccccc5)CC4)cc3)n2)cc1. The fraction of sp³-hybridized carbons (Fsp3) is 0.161. The molecule has 0 saturated carbocycles. The van der Waals surface area contributed by atoms with Crippen LogP contribution in [0.1, 0.15) is 35.7 Å². The number of hydrogen-bond donors (Lipinski definition) is 2. The number of aromatic nitrogens is 2. The van der Waals surface area contributed by atoms with Gasteiger partial charge in [-0.3, -0.25) is 9.59 Å². The Kier molecular flexibility index (Phi) is 7.54. The first kappa shape index (κ1) is 24.9. The van der Waals surface area contributed by atoms with Crippen LogP contribution in [0.15, 0.2) is 97.2 Å². The number of amides is 2. The van der Waals surface area contributed by atoms with E-state index in [2.05, 4.69) is 38.8 Å². The van der Waals surface area contributed by atoms with E-state index in [-0.39, 0.29) is 11.8 Å². The Hall–Kier alpha value is -4.78. The van der Waals surface area contributed by atoms with Gasteiger partial charge in [-0.2, -0.15) is 0 Å². The third-order valence-electron chi connectivity index (χ3n) is 6.42. The van der Waals surface area contributed by atoms with Gasteiger partial charge in [-0.05, 0) is 66.4 Å². The van der Waals surface area contributed by atoms with Crippen LogP contribution in [0.4, 0.5) is 17.3 Å². The van der Waals surface area contributed by atoms with E-state index >= 15 is 0 Å². The van der Waals surface area contributed by atoms with Crippen LogP contribution in [0.3, 0.4) is 0 Å². The smallest absolute Gasteiger partial charge is 0.253 e. The molecule has 2 amide bonds. The molecular formula is C31H29N5O2. The minimum absolute atomic E-state index is 0.0886. The first-order chi connectivity index (χ1) is 18.5. The number of nitrogens with zero attached hydrogens (tertiary/aromatic N) is 3. The van der Waals surface area contributed by atoms with Crippen LogP contribution in [0.25, 0.3) is 16.8 Å². The molecule has 0 atom stereocenters. The van der Waals surface area contributed by atoms with E-state index in [4.69, 9.17) is 0 Å². The van der Waals surface area contributed by atoms with Crippen LogP contribution in [-0.2, 0) is 4.79 Å². The lowest BCUT2D eigenvalue weighted by molar-refractivity contribution is -0.114. The second-order valence-electron chi connectivity index (χ2n) is 9.15. The van der Waals surface area contributed by atoms with E-state index in [1.165, 1.54) is 12.5 Å². The molecule has 190 valence electrons. The molecule has 0 fully saturated rings. The normalized spacial score (nSPS) is 13.3. The molecule has 1 aliphatic rings. The van der Waals surface area contributed by atoms with E-state index in [9.17, 15) is 9.59 Å². The lowest BCUT2D eigenvalue weighted by Crippen LogP contribution is -2.32. The van der Waals surface area contributed by atoms with Crippen molar-refractivity contribution < 1.29 is 9.59 Å². The van der Waals surface area contributed by atoms with Gasteiger partial charge in [-0.25, -0.2) is 9.97 Å². The highest BCUT2D eigenvalue weighted by atomic mass is 16.2. The molecule has 4 aromatic rings. The summed E-state index contributed by atoms with van der Waals surface area (Å²) in [5, 5.41) is 6.05. The monoisotopic (exact) mass is 503 g/mol. The lowest BCUT2D eigenvalue weighted by Gasteiger charge is -2.20. The topological polar surface area (TPSA) is 87.2 Å². The third kappa shape index (κ3) is 6.13. The number of hydrogen-bond acceptors (Lipinski definition) is 5. The molecule has 0 radical (unpaired) electrons. The van der Waals surface area contributed by atoms with Gasteiger partial charge >= 0.3 is 0 Å². The summed E-state index contributed by atoms with van der Waals surface area (Å²) < 4.78 is 0. The molecule has 0 unspecified atom stereocenters. The van der Waals surface area contributed by atoms with Crippen molar-refractivity contribution in [2.75, 3.05) is 23.7 Å². The molecule has 0 aliphatic carbocycles. The molecule has 7 nitrogen and oxygen atoms in total. The van der Waals surface area contributed by atoms with E-state index in [0.29, 0.717) is 12.5 Å². The van der Waals surface area contributed by atoms with Crippen LogP contribution in [0.5, 0.6) is 0 Å². The maximum atomic E-state index is 12.8. The Labute approximate surface area is 222 Å². The summed E-state index contributed by atoms with van der Waals surface area (Å²) >= 11 is 0. The maximum Gasteiger partial charge on any atom is 0.253 e. The number of anilines is 3. The Bertz CT molecular complexity index is 1450. The zero-order valence-corrected chi connectivity index (χ0v) is 21.2. The highest BCUT2D eigenvalue weighted by Gasteiger charge is 2.18. The Morgan fingerprint density at radius 1 is 0.816 bits per heavy atom. The number of nitrogens with one attached hydrogen (secondary N) is 2. The van der Waals surface area contributed by atoms with Crippen LogP contribution in [0.2, 0.25) is 0 Å². The summed E-state index contributed by atoms with van der Waals surface area (Å²) in [7, 11) is 0. The molecule has 3 aromatic carbocycles. The fourth-order valence-electron chi connectivity index (χ4n) is 4.50. The van der Waals surface area contributed by atoms with Crippen LogP contribution in [-0.4, -0.2) is 39.8 Å². The van der Waals surface area contributed by atoms with E-state index in [0.717, 1.165) is 53.1 Å². The summed E-state index contributed by atoms with van der Waals surface area (Å²) in [6, 6.07) is 27.1. The second-order valence-corrected chi connectivity index (χ2v) is 9.15. The molecule has 0 bridgehead atoms. The lowest BCUT2D eigenvalue weighted by atomic mass is 10.0. The molecule has 1 aliphatic heterocycles. The molecular weight excluding hydrogens is 474 g/mol. The molecule has 5 rings (SSSR count). The first-order valence-corrected chi connectivity index (χ1v) is 12.7. The largest absolute Gasteiger partial charge is 0.338 e. The first-order valence-electron chi connectivity index (χ1n) is 12.7. The van der Waals surface area contributed by atoms with Crippen molar-refractivity contribution in [2.45, 2.75) is 19.8 Å². The zero-order valence-electron chi connectivity index (χ0n) is 21.2. The predicted octanol–water partition coefficient (Wildman–Crippen LogP) is 6.17. The summed E-state index contributed by atoms with van der Waals surface area (Å²) in [4.78, 5) is 35.0. The van der Waals surface area contributed by atoms with Gasteiger partial charge in [-0.15, -0.1) is 0 Å². The fourth-order valence-corrected chi connectivity index (χ4v) is 4.50. The summed E-state index contributed by atoms with van der Waals surface area (Å²) in [6.45, 7) is 2.91. The minimum Gasteiger partial charge on any atom is -0.338 e. The zero-order chi connectivity index (χ0) is 26.3. The van der Waals surface area contributed by atoms with Gasteiger partial charge in [0.15, 0.2) is 0 Å². The maximum absolute atomic E-state index is 12.8.